The largest absolute Gasteiger partial charge is 0.338 e. The first kappa shape index (κ1) is 17.3. The molecule has 0 spiro atoms. The Balaban J connectivity index is 1.50. The summed E-state index contributed by atoms with van der Waals surface area (Å²) in [7, 11) is 3.01. The fraction of sp³-hybridized carbons (Fsp3) is 0.368. The molecule has 0 fully saturated rings. The summed E-state index contributed by atoms with van der Waals surface area (Å²) in [6.07, 6.45) is 1.56. The Morgan fingerprint density at radius 3 is 2.67 bits per heavy atom. The predicted octanol–water partition coefficient (Wildman–Crippen LogP) is 0.478. The third-order valence-corrected chi connectivity index (χ3v) is 5.20. The van der Waals surface area contributed by atoms with Gasteiger partial charge >= 0.3 is 5.69 Å². The number of aromatic amines is 1. The Labute approximate surface area is 155 Å². The molecule has 1 aromatic carbocycles. The second-order valence-electron chi connectivity index (χ2n) is 6.92. The number of rotatable bonds is 3. The third kappa shape index (κ3) is 2.97. The molecule has 27 heavy (non-hydrogen) atoms. The molecule has 3 aromatic rings. The monoisotopic (exact) mass is 367 g/mol. The van der Waals surface area contributed by atoms with Crippen LogP contribution >= 0.6 is 0 Å². The summed E-state index contributed by atoms with van der Waals surface area (Å²) in [6, 6.07) is 8.18. The minimum Gasteiger partial charge on any atom is -0.338 e. The molecule has 0 bridgehead atoms. The molecule has 1 aliphatic rings. The van der Waals surface area contributed by atoms with Crippen molar-refractivity contribution in [1.82, 2.24) is 24.0 Å². The number of carbonyl (C=O) groups excluding carboxylic acids is 1. The summed E-state index contributed by atoms with van der Waals surface area (Å²) < 4.78 is 2.38. The van der Waals surface area contributed by atoms with Crippen molar-refractivity contribution in [3.63, 3.8) is 0 Å². The van der Waals surface area contributed by atoms with Gasteiger partial charge in [0.25, 0.3) is 5.56 Å². The van der Waals surface area contributed by atoms with Gasteiger partial charge < -0.3 is 9.88 Å². The first-order chi connectivity index (χ1) is 13.0. The molecule has 0 atom stereocenters. The number of benzene rings is 1. The van der Waals surface area contributed by atoms with Crippen LogP contribution in [0.5, 0.6) is 0 Å². The fourth-order valence-corrected chi connectivity index (χ4v) is 3.58. The lowest BCUT2D eigenvalue weighted by Crippen LogP contribution is -2.36. The molecule has 0 saturated carbocycles. The van der Waals surface area contributed by atoms with Crippen molar-refractivity contribution < 1.29 is 4.79 Å². The van der Waals surface area contributed by atoms with Gasteiger partial charge in [-0.05, 0) is 17.5 Å². The van der Waals surface area contributed by atoms with Crippen LogP contribution in [0.25, 0.3) is 11.2 Å². The van der Waals surface area contributed by atoms with Gasteiger partial charge in [-0.1, -0.05) is 24.3 Å². The minimum absolute atomic E-state index is 0.0618. The Morgan fingerprint density at radius 2 is 1.89 bits per heavy atom. The number of nitrogens with one attached hydrogen (secondary N) is 1. The molecule has 1 aliphatic heterocycles. The van der Waals surface area contributed by atoms with Crippen LogP contribution in [0, 0.1) is 0 Å². The lowest BCUT2D eigenvalue weighted by atomic mass is 9.99. The van der Waals surface area contributed by atoms with E-state index in [-0.39, 0.29) is 11.4 Å². The highest BCUT2D eigenvalue weighted by Gasteiger charge is 2.21. The number of amides is 1. The van der Waals surface area contributed by atoms with Crippen molar-refractivity contribution >= 4 is 17.1 Å². The normalized spacial score (nSPS) is 13.8. The van der Waals surface area contributed by atoms with Gasteiger partial charge in [0, 0.05) is 40.0 Å². The summed E-state index contributed by atoms with van der Waals surface area (Å²) in [5.41, 5.74) is 2.26. The van der Waals surface area contributed by atoms with Crippen molar-refractivity contribution in [3.8, 4) is 0 Å². The second-order valence-corrected chi connectivity index (χ2v) is 6.92. The van der Waals surface area contributed by atoms with Crippen LogP contribution in [0.4, 0.5) is 0 Å². The SMILES string of the molecule is Cn1c(=O)c2[nH]c(CCC(=O)N3CCc4ccccc4C3)nc2n(C)c1=O. The molecular weight excluding hydrogens is 346 g/mol. The Kier molecular flexibility index (Phi) is 4.18. The third-order valence-electron chi connectivity index (χ3n) is 5.20. The van der Waals surface area contributed by atoms with Crippen LogP contribution in [-0.4, -0.2) is 36.5 Å². The lowest BCUT2D eigenvalue weighted by molar-refractivity contribution is -0.132. The number of H-pyrrole nitrogens is 1. The van der Waals surface area contributed by atoms with Crippen LogP contribution in [0.1, 0.15) is 23.4 Å². The average molecular weight is 367 g/mol. The van der Waals surface area contributed by atoms with Crippen molar-refractivity contribution in [2.75, 3.05) is 6.54 Å². The molecule has 0 unspecified atom stereocenters. The molecule has 8 nitrogen and oxygen atoms in total. The lowest BCUT2D eigenvalue weighted by Gasteiger charge is -2.28. The molecular formula is C19H21N5O3. The molecule has 8 heteroatoms. The highest BCUT2D eigenvalue weighted by Crippen LogP contribution is 2.19. The Bertz CT molecular complexity index is 1150. The Morgan fingerprint density at radius 1 is 1.15 bits per heavy atom. The zero-order valence-electron chi connectivity index (χ0n) is 15.4. The zero-order chi connectivity index (χ0) is 19.1. The van der Waals surface area contributed by atoms with Crippen molar-refractivity contribution in [3.05, 3.63) is 62.1 Å². The molecule has 140 valence electrons. The summed E-state index contributed by atoms with van der Waals surface area (Å²) in [5, 5.41) is 0. The van der Waals surface area contributed by atoms with E-state index in [1.165, 1.54) is 22.7 Å². The van der Waals surface area contributed by atoms with E-state index in [4.69, 9.17) is 0 Å². The van der Waals surface area contributed by atoms with E-state index >= 15 is 0 Å². The highest BCUT2D eigenvalue weighted by atomic mass is 16.2. The van der Waals surface area contributed by atoms with Gasteiger partial charge in [-0.15, -0.1) is 0 Å². The maximum absolute atomic E-state index is 12.6. The summed E-state index contributed by atoms with van der Waals surface area (Å²) >= 11 is 0. The quantitative estimate of drug-likeness (QED) is 0.729. The smallest absolute Gasteiger partial charge is 0.332 e. The Hall–Kier alpha value is -3.16. The summed E-state index contributed by atoms with van der Waals surface area (Å²) in [6.45, 7) is 1.34. The second kappa shape index (κ2) is 6.53. The number of fused-ring (bicyclic) bond motifs is 2. The minimum atomic E-state index is -0.423. The van der Waals surface area contributed by atoms with E-state index in [2.05, 4.69) is 22.1 Å². The van der Waals surface area contributed by atoms with E-state index in [9.17, 15) is 14.4 Å². The zero-order valence-corrected chi connectivity index (χ0v) is 15.4. The maximum atomic E-state index is 12.6. The van der Waals surface area contributed by atoms with E-state index in [1.807, 2.05) is 17.0 Å². The predicted molar refractivity (Wildman–Crippen MR) is 100 cm³/mol. The number of imidazole rings is 1. The maximum Gasteiger partial charge on any atom is 0.332 e. The molecule has 1 amide bonds. The van der Waals surface area contributed by atoms with Crippen molar-refractivity contribution in [1.29, 1.82) is 0 Å². The molecule has 0 saturated heterocycles. The van der Waals surface area contributed by atoms with E-state index < -0.39 is 11.2 Å². The van der Waals surface area contributed by atoms with Crippen LogP contribution < -0.4 is 11.2 Å². The van der Waals surface area contributed by atoms with Gasteiger partial charge in [-0.25, -0.2) is 9.78 Å². The molecule has 0 radical (unpaired) electrons. The van der Waals surface area contributed by atoms with E-state index in [0.29, 0.717) is 37.4 Å². The molecule has 1 N–H and O–H groups in total. The molecule has 2 aromatic heterocycles. The van der Waals surface area contributed by atoms with E-state index in [0.717, 1.165) is 11.0 Å². The molecule has 0 aliphatic carbocycles. The first-order valence-electron chi connectivity index (χ1n) is 8.95. The summed E-state index contributed by atoms with van der Waals surface area (Å²) in [5.74, 6) is 0.598. The number of nitrogens with zero attached hydrogens (tertiary/aromatic N) is 4. The van der Waals surface area contributed by atoms with Crippen LogP contribution in [0.15, 0.2) is 33.9 Å². The first-order valence-corrected chi connectivity index (χ1v) is 8.95. The van der Waals surface area contributed by atoms with Crippen molar-refractivity contribution in [2.24, 2.45) is 14.1 Å². The van der Waals surface area contributed by atoms with Gasteiger partial charge in [0.15, 0.2) is 5.65 Å². The van der Waals surface area contributed by atoms with Crippen molar-refractivity contribution in [2.45, 2.75) is 25.8 Å². The van der Waals surface area contributed by atoms with Gasteiger partial charge in [0.1, 0.15) is 11.3 Å². The fourth-order valence-electron chi connectivity index (χ4n) is 3.58. The number of carbonyl (C=O) groups is 1. The highest BCUT2D eigenvalue weighted by molar-refractivity contribution is 5.77. The van der Waals surface area contributed by atoms with E-state index in [1.54, 1.807) is 7.05 Å². The topological polar surface area (TPSA) is 93.0 Å². The molecule has 4 rings (SSSR count). The van der Waals surface area contributed by atoms with Gasteiger partial charge in [-0.2, -0.15) is 0 Å². The standard InChI is InChI=1S/C19H21N5O3/c1-22-17-16(18(26)23(2)19(22)27)20-14(21-17)7-8-15(25)24-10-9-12-5-3-4-6-13(12)11-24/h3-6H,7-11H2,1-2H3,(H,20,21). The number of hydrogen-bond acceptors (Lipinski definition) is 4. The number of aryl methyl sites for hydroxylation is 2. The number of hydrogen-bond donors (Lipinski definition) is 1. The number of aromatic nitrogens is 4. The van der Waals surface area contributed by atoms with Crippen LogP contribution in [0.3, 0.4) is 0 Å². The molecule has 3 heterocycles. The van der Waals surface area contributed by atoms with Gasteiger partial charge in [-0.3, -0.25) is 18.7 Å². The van der Waals surface area contributed by atoms with Crippen LogP contribution in [-0.2, 0) is 38.3 Å². The van der Waals surface area contributed by atoms with Gasteiger partial charge in [0.2, 0.25) is 5.91 Å². The van der Waals surface area contributed by atoms with Gasteiger partial charge in [0.05, 0.1) is 0 Å². The van der Waals surface area contributed by atoms with Crippen LogP contribution in [0.2, 0.25) is 0 Å². The summed E-state index contributed by atoms with van der Waals surface area (Å²) in [4.78, 5) is 46.0. The average Bonchev–Trinajstić information content (AvgIpc) is 3.13.